The SMILES string of the molecule is C.CC.CC.CNc1nc(C)nc(N(C)c2ccccc2)n1.CS(=O)(=O)O.Nc1c(S(=O)(=O)O)cc(Nc2ccccc2)c2c1C(=O)c1ccccc1C2=O. The van der Waals surface area contributed by atoms with Crippen molar-refractivity contribution in [3.05, 3.63) is 119 Å². The number of nitrogens with zero attached hydrogens (tertiary/aromatic N) is 4. The van der Waals surface area contributed by atoms with E-state index in [0.29, 0.717) is 29.7 Å². The molecular weight excluding hydrogens is 747 g/mol. The summed E-state index contributed by atoms with van der Waals surface area (Å²) in [6, 6.07) is 26.0. The maximum Gasteiger partial charge on any atom is 0.296 e. The largest absolute Gasteiger partial charge is 0.397 e. The van der Waals surface area contributed by atoms with Crippen LogP contribution in [0.25, 0.3) is 0 Å². The number of ketones is 2. The van der Waals surface area contributed by atoms with Gasteiger partial charge in [0.05, 0.1) is 28.8 Å². The molecule has 15 nitrogen and oxygen atoms in total. The highest BCUT2D eigenvalue weighted by atomic mass is 32.2. The Morgan fingerprint density at radius 3 is 1.65 bits per heavy atom. The second-order valence-electron chi connectivity index (χ2n) is 10.6. The number of hydrogen-bond donors (Lipinski definition) is 5. The first-order valence-electron chi connectivity index (χ1n) is 16.6. The molecule has 0 bridgehead atoms. The average molecular weight is 796 g/mol. The molecule has 0 fully saturated rings. The lowest BCUT2D eigenvalue weighted by molar-refractivity contribution is 0.0980. The number of rotatable bonds is 6. The lowest BCUT2D eigenvalue weighted by atomic mass is 9.82. The zero-order valence-corrected chi connectivity index (χ0v) is 32.8. The van der Waals surface area contributed by atoms with Gasteiger partial charge in [-0.1, -0.05) is 95.8 Å². The Morgan fingerprint density at radius 2 is 1.18 bits per heavy atom. The Bertz CT molecular complexity index is 2270. The zero-order valence-electron chi connectivity index (χ0n) is 31.2. The quantitative estimate of drug-likeness (QED) is 0.0827. The minimum atomic E-state index is -4.73. The number of carbonyl (C=O) groups is 2. The molecule has 0 saturated carbocycles. The molecule has 6 rings (SSSR count). The first-order valence-corrected chi connectivity index (χ1v) is 19.8. The molecule has 1 heterocycles. The van der Waals surface area contributed by atoms with Crippen molar-refractivity contribution in [1.29, 1.82) is 0 Å². The minimum Gasteiger partial charge on any atom is -0.397 e. The summed E-state index contributed by atoms with van der Waals surface area (Å²) >= 11 is 0. The molecule has 0 spiro atoms. The van der Waals surface area contributed by atoms with Crippen LogP contribution in [-0.4, -0.2) is 72.8 Å². The monoisotopic (exact) mass is 795 g/mol. The van der Waals surface area contributed by atoms with Crippen molar-refractivity contribution in [1.82, 2.24) is 15.0 Å². The van der Waals surface area contributed by atoms with Crippen LogP contribution in [0.4, 0.5) is 34.6 Å². The molecule has 0 radical (unpaired) electrons. The van der Waals surface area contributed by atoms with Gasteiger partial charge in [-0.15, -0.1) is 0 Å². The van der Waals surface area contributed by atoms with Gasteiger partial charge in [0.15, 0.2) is 11.6 Å². The third-order valence-electron chi connectivity index (χ3n) is 6.93. The van der Waals surface area contributed by atoms with Crippen LogP contribution in [0.1, 0.15) is 72.8 Å². The molecule has 1 aliphatic rings. The molecule has 1 aromatic heterocycles. The van der Waals surface area contributed by atoms with Crippen LogP contribution in [0.5, 0.6) is 0 Å². The number of fused-ring (bicyclic) bond motifs is 2. The van der Waals surface area contributed by atoms with Gasteiger partial charge in [-0.05, 0) is 37.3 Å². The summed E-state index contributed by atoms with van der Waals surface area (Å²) in [5.74, 6) is 0.868. The second-order valence-corrected chi connectivity index (χ2v) is 13.5. The maximum atomic E-state index is 13.1. The van der Waals surface area contributed by atoms with Crippen molar-refractivity contribution in [3.8, 4) is 0 Å². The summed E-state index contributed by atoms with van der Waals surface area (Å²) in [7, 11) is -4.67. The number of benzene rings is 4. The molecule has 0 saturated heterocycles. The first-order chi connectivity index (χ1) is 25.5. The number of nitrogens with two attached hydrogens (primary N) is 1. The van der Waals surface area contributed by atoms with E-state index in [9.17, 15) is 31.0 Å². The summed E-state index contributed by atoms with van der Waals surface area (Å²) < 4.78 is 59.1. The van der Waals surface area contributed by atoms with E-state index in [4.69, 9.17) is 10.3 Å². The molecule has 0 amide bonds. The Kier molecular flexibility index (Phi) is 18.2. The molecule has 5 aromatic rings. The second kappa shape index (κ2) is 21.2. The number of nitrogens with one attached hydrogen (secondary N) is 2. The average Bonchev–Trinajstić information content (AvgIpc) is 3.15. The summed E-state index contributed by atoms with van der Waals surface area (Å²) in [5, 5.41) is 5.88. The van der Waals surface area contributed by atoms with E-state index in [1.807, 2.05) is 76.9 Å². The van der Waals surface area contributed by atoms with E-state index in [2.05, 4.69) is 25.6 Å². The Balaban J connectivity index is 0.000000478. The van der Waals surface area contributed by atoms with E-state index in [0.717, 1.165) is 11.8 Å². The molecule has 0 aliphatic heterocycles. The summed E-state index contributed by atoms with van der Waals surface area (Å²) in [5.41, 5.74) is 7.20. The molecule has 0 unspecified atom stereocenters. The molecule has 296 valence electrons. The smallest absolute Gasteiger partial charge is 0.296 e. The van der Waals surface area contributed by atoms with Gasteiger partial charge in [0.2, 0.25) is 11.9 Å². The molecule has 17 heteroatoms. The van der Waals surface area contributed by atoms with Crippen LogP contribution >= 0.6 is 0 Å². The topological polar surface area (TPSA) is 235 Å². The van der Waals surface area contributed by atoms with Crippen molar-refractivity contribution in [2.24, 2.45) is 0 Å². The Hall–Kier alpha value is -5.75. The van der Waals surface area contributed by atoms with Gasteiger partial charge in [-0.2, -0.15) is 31.8 Å². The van der Waals surface area contributed by atoms with Crippen LogP contribution in [0.15, 0.2) is 95.9 Å². The molecule has 6 N–H and O–H groups in total. The van der Waals surface area contributed by atoms with Crippen molar-refractivity contribution in [2.75, 3.05) is 41.6 Å². The van der Waals surface area contributed by atoms with Crippen LogP contribution in [-0.2, 0) is 20.2 Å². The van der Waals surface area contributed by atoms with Crippen molar-refractivity contribution >= 4 is 66.4 Å². The number of hydrogen-bond acceptors (Lipinski definition) is 13. The standard InChI is InChI=1S/C20H14N2O5S.C12H15N5.2C2H6.CH4O3S.CH4/c21-18-15(28(25,26)27)10-14(22-11-6-2-1-3-7-11)16-17(18)20(24)13-9-5-4-8-12(13)19(16)23;1-9-14-11(13-2)16-12(15-9)17(3)10-7-5-4-6-8-10;2*1-2;1-5(2,3)4;/h1-10,22H,21H2,(H,25,26,27);4-8H,1-3H3,(H,13,14,15,16);2*1-2H3;1H3,(H,2,3,4);1H4. The number of anilines is 6. The van der Waals surface area contributed by atoms with Crippen LogP contribution in [0, 0.1) is 6.92 Å². The van der Waals surface area contributed by atoms with Gasteiger partial charge in [0.1, 0.15) is 10.7 Å². The van der Waals surface area contributed by atoms with Gasteiger partial charge in [0.25, 0.3) is 20.2 Å². The number of para-hydroxylation sites is 2. The van der Waals surface area contributed by atoms with Crippen molar-refractivity contribution in [3.63, 3.8) is 0 Å². The number of nitrogen functional groups attached to an aromatic ring is 1. The normalized spacial score (nSPS) is 11.0. The molecule has 55 heavy (non-hydrogen) atoms. The highest BCUT2D eigenvalue weighted by Gasteiger charge is 2.36. The van der Waals surface area contributed by atoms with Gasteiger partial charge >= 0.3 is 0 Å². The molecular formula is C38H49N7O8S2. The van der Waals surface area contributed by atoms with Gasteiger partial charge in [-0.25, -0.2) is 0 Å². The minimum absolute atomic E-state index is 0. The van der Waals surface area contributed by atoms with E-state index in [1.165, 1.54) is 12.1 Å². The fraction of sp³-hybridized carbons (Fsp3) is 0.237. The van der Waals surface area contributed by atoms with Gasteiger partial charge < -0.3 is 21.3 Å². The van der Waals surface area contributed by atoms with Crippen molar-refractivity contribution < 1.29 is 35.5 Å². The first kappa shape index (κ1) is 47.3. The zero-order chi connectivity index (χ0) is 40.8. The summed E-state index contributed by atoms with van der Waals surface area (Å²) in [6.07, 6.45) is 0.715. The van der Waals surface area contributed by atoms with E-state index in [1.54, 1.807) is 49.5 Å². The van der Waals surface area contributed by atoms with E-state index >= 15 is 0 Å². The van der Waals surface area contributed by atoms with Crippen LogP contribution in [0.3, 0.4) is 0 Å². The van der Waals surface area contributed by atoms with Crippen LogP contribution in [0.2, 0.25) is 0 Å². The lowest BCUT2D eigenvalue weighted by Gasteiger charge is -2.23. The fourth-order valence-electron chi connectivity index (χ4n) is 4.78. The van der Waals surface area contributed by atoms with Crippen molar-refractivity contribution in [2.45, 2.75) is 46.9 Å². The molecule has 1 aliphatic carbocycles. The number of aryl methyl sites for hydroxylation is 1. The summed E-state index contributed by atoms with van der Waals surface area (Å²) in [4.78, 5) is 40.2. The predicted octanol–water partition coefficient (Wildman–Crippen LogP) is 7.22. The lowest BCUT2D eigenvalue weighted by Crippen LogP contribution is -2.25. The van der Waals surface area contributed by atoms with Gasteiger partial charge in [0, 0.05) is 36.6 Å². The maximum absolute atomic E-state index is 13.1. The Morgan fingerprint density at radius 1 is 0.727 bits per heavy atom. The highest BCUT2D eigenvalue weighted by Crippen LogP contribution is 2.40. The number of carbonyl (C=O) groups excluding carboxylic acids is 2. The predicted molar refractivity (Wildman–Crippen MR) is 219 cm³/mol. The fourth-order valence-corrected chi connectivity index (χ4v) is 5.43. The molecule has 0 atom stereocenters. The summed E-state index contributed by atoms with van der Waals surface area (Å²) in [6.45, 7) is 9.85. The van der Waals surface area contributed by atoms with E-state index < -0.39 is 42.4 Å². The third kappa shape index (κ3) is 13.0. The van der Waals surface area contributed by atoms with Crippen LogP contribution < -0.4 is 21.3 Å². The Labute approximate surface area is 323 Å². The van der Waals surface area contributed by atoms with E-state index in [-0.39, 0.29) is 35.4 Å². The third-order valence-corrected chi connectivity index (χ3v) is 7.83. The highest BCUT2D eigenvalue weighted by molar-refractivity contribution is 7.86. The number of aromatic nitrogens is 3. The molecule has 4 aromatic carbocycles. The van der Waals surface area contributed by atoms with Gasteiger partial charge in [-0.3, -0.25) is 18.7 Å².